The number of fused-ring (bicyclic) bond motifs is 5. The normalized spacial score (nSPS) is 21.2. The van der Waals surface area contributed by atoms with Gasteiger partial charge in [0.25, 0.3) is 5.56 Å². The van der Waals surface area contributed by atoms with Gasteiger partial charge >= 0.3 is 0 Å². The Hall–Kier alpha value is -2.51. The molecule has 146 valence electrons. The van der Waals surface area contributed by atoms with Crippen LogP contribution >= 0.6 is 0 Å². The van der Waals surface area contributed by atoms with Crippen molar-refractivity contribution in [1.82, 2.24) is 24.8 Å². The molecule has 2 N–H and O–H groups in total. The summed E-state index contributed by atoms with van der Waals surface area (Å²) < 4.78 is 15.4. The quantitative estimate of drug-likeness (QED) is 0.727. The van der Waals surface area contributed by atoms with Crippen molar-refractivity contribution in [2.75, 3.05) is 20.1 Å². The molecule has 0 unspecified atom stereocenters. The van der Waals surface area contributed by atoms with E-state index in [1.165, 1.54) is 24.2 Å². The third kappa shape index (κ3) is 3.14. The fourth-order valence-electron chi connectivity index (χ4n) is 4.67. The van der Waals surface area contributed by atoms with Gasteiger partial charge in [0.05, 0.1) is 17.6 Å². The van der Waals surface area contributed by atoms with Crippen LogP contribution in [0.5, 0.6) is 0 Å². The minimum atomic E-state index is -0.280. The van der Waals surface area contributed by atoms with Crippen molar-refractivity contribution >= 4 is 11.0 Å². The maximum atomic E-state index is 13.4. The van der Waals surface area contributed by atoms with E-state index in [2.05, 4.69) is 26.3 Å². The van der Waals surface area contributed by atoms with Crippen LogP contribution < -0.4 is 10.9 Å². The van der Waals surface area contributed by atoms with Crippen molar-refractivity contribution in [3.05, 3.63) is 63.6 Å². The topological polar surface area (TPSA) is 66.0 Å². The number of hydrogen-bond acceptors (Lipinski definition) is 4. The van der Waals surface area contributed by atoms with Crippen LogP contribution in [0.1, 0.15) is 29.4 Å². The Balaban J connectivity index is 1.35. The molecule has 1 saturated heterocycles. The van der Waals surface area contributed by atoms with Crippen LogP contribution in [0.25, 0.3) is 11.0 Å². The Labute approximate surface area is 162 Å². The second-order valence-corrected chi connectivity index (χ2v) is 8.17. The van der Waals surface area contributed by atoms with E-state index >= 15 is 0 Å². The predicted octanol–water partition coefficient (Wildman–Crippen LogP) is 2.20. The van der Waals surface area contributed by atoms with Crippen molar-refractivity contribution in [3.8, 4) is 0 Å². The second-order valence-electron chi connectivity index (χ2n) is 8.17. The lowest BCUT2D eigenvalue weighted by Crippen LogP contribution is -2.45. The molecule has 1 aromatic carbocycles. The largest absolute Gasteiger partial charge is 0.341 e. The Kier molecular flexibility index (Phi) is 4.29. The number of nitrogens with one attached hydrogen (secondary N) is 2. The van der Waals surface area contributed by atoms with Gasteiger partial charge in [-0.2, -0.15) is 0 Å². The second kappa shape index (κ2) is 6.83. The highest BCUT2D eigenvalue weighted by atomic mass is 19.1. The van der Waals surface area contributed by atoms with Gasteiger partial charge in [-0.3, -0.25) is 9.69 Å². The number of imidazole rings is 1. The minimum Gasteiger partial charge on any atom is -0.341 e. The zero-order valence-corrected chi connectivity index (χ0v) is 15.9. The molecule has 3 aromatic rings. The minimum absolute atomic E-state index is 0.132. The number of piperidine rings is 1. The van der Waals surface area contributed by atoms with Gasteiger partial charge in [-0.25, -0.2) is 9.37 Å². The van der Waals surface area contributed by atoms with E-state index in [0.29, 0.717) is 30.4 Å². The van der Waals surface area contributed by atoms with Crippen molar-refractivity contribution in [1.29, 1.82) is 0 Å². The summed E-state index contributed by atoms with van der Waals surface area (Å²) in [4.78, 5) is 22.8. The summed E-state index contributed by atoms with van der Waals surface area (Å²) in [5.41, 5.74) is 3.55. The molecule has 0 spiro atoms. The summed E-state index contributed by atoms with van der Waals surface area (Å²) in [6.45, 7) is 3.89. The van der Waals surface area contributed by atoms with Gasteiger partial charge < -0.3 is 14.9 Å². The molecule has 2 aromatic heterocycles. The molecule has 0 amide bonds. The number of rotatable bonds is 4. The van der Waals surface area contributed by atoms with Crippen LogP contribution in [0.2, 0.25) is 0 Å². The van der Waals surface area contributed by atoms with Gasteiger partial charge in [0.1, 0.15) is 11.6 Å². The molecule has 2 aliphatic rings. The first kappa shape index (κ1) is 17.6. The van der Waals surface area contributed by atoms with Gasteiger partial charge in [-0.1, -0.05) is 6.07 Å². The summed E-state index contributed by atoms with van der Waals surface area (Å²) in [5, 5.41) is 3.48. The van der Waals surface area contributed by atoms with Gasteiger partial charge in [-0.05, 0) is 50.2 Å². The first-order valence-electron chi connectivity index (χ1n) is 9.83. The molecule has 28 heavy (non-hydrogen) atoms. The van der Waals surface area contributed by atoms with E-state index in [4.69, 9.17) is 0 Å². The molecule has 2 aliphatic heterocycles. The van der Waals surface area contributed by atoms with Crippen LogP contribution in [-0.2, 0) is 19.6 Å². The molecule has 1 fully saturated rings. The van der Waals surface area contributed by atoms with E-state index in [1.54, 1.807) is 6.07 Å². The number of hydrogen-bond donors (Lipinski definition) is 2. The van der Waals surface area contributed by atoms with E-state index in [0.717, 1.165) is 36.5 Å². The third-order valence-electron chi connectivity index (χ3n) is 5.94. The lowest BCUT2D eigenvalue weighted by molar-refractivity contribution is 0.254. The Morgan fingerprint density at radius 2 is 2.14 bits per heavy atom. The lowest BCUT2D eigenvalue weighted by atomic mass is 9.84. The molecule has 0 aliphatic carbocycles. The Morgan fingerprint density at radius 1 is 1.25 bits per heavy atom. The Morgan fingerprint density at radius 3 is 3.04 bits per heavy atom. The first-order chi connectivity index (χ1) is 13.6. The smallest absolute Gasteiger partial charge is 0.255 e. The van der Waals surface area contributed by atoms with Gasteiger partial charge in [0, 0.05) is 36.8 Å². The molecule has 0 saturated carbocycles. The highest BCUT2D eigenvalue weighted by Crippen LogP contribution is 2.31. The summed E-state index contributed by atoms with van der Waals surface area (Å²) in [6.07, 6.45) is 1.18. The van der Waals surface area contributed by atoms with Crippen LogP contribution in [0.3, 0.4) is 0 Å². The number of aromatic nitrogens is 3. The van der Waals surface area contributed by atoms with E-state index in [-0.39, 0.29) is 11.4 Å². The summed E-state index contributed by atoms with van der Waals surface area (Å²) >= 11 is 0. The SMILES string of the molecule is CN(Cc1nc2ccc(F)cc2[nH]1)Cc1ccc2n(c1=O)C[C@@H]1CNC[C@H]2C1. The fourth-order valence-corrected chi connectivity index (χ4v) is 4.67. The highest BCUT2D eigenvalue weighted by Gasteiger charge is 2.31. The number of nitrogens with zero attached hydrogens (tertiary/aromatic N) is 3. The van der Waals surface area contributed by atoms with Gasteiger partial charge in [-0.15, -0.1) is 0 Å². The molecule has 0 radical (unpaired) electrons. The monoisotopic (exact) mass is 381 g/mol. The standard InChI is InChI=1S/C21H24FN5O/c1-26(12-20-24-17-4-3-16(22)7-18(17)25-20)11-14-2-5-19-15-6-13(8-23-9-15)10-27(19)21(14)28/h2-5,7,13,15,23H,6,8-12H2,1H3,(H,24,25)/t13-,15+/m0/s1. The van der Waals surface area contributed by atoms with Gasteiger partial charge in [0.15, 0.2) is 0 Å². The molecule has 2 bridgehead atoms. The number of H-pyrrole nitrogens is 1. The molecule has 2 atom stereocenters. The number of halogens is 1. The van der Waals surface area contributed by atoms with Crippen LogP contribution in [-0.4, -0.2) is 39.6 Å². The van der Waals surface area contributed by atoms with E-state index in [9.17, 15) is 9.18 Å². The molecule has 5 rings (SSSR count). The van der Waals surface area contributed by atoms with Crippen molar-refractivity contribution in [2.24, 2.45) is 5.92 Å². The zero-order valence-electron chi connectivity index (χ0n) is 15.9. The number of benzene rings is 1. The van der Waals surface area contributed by atoms with E-state index < -0.39 is 0 Å². The molecular weight excluding hydrogens is 357 g/mol. The fraction of sp³-hybridized carbons (Fsp3) is 0.429. The maximum absolute atomic E-state index is 13.4. The molecule has 4 heterocycles. The zero-order chi connectivity index (χ0) is 19.3. The van der Waals surface area contributed by atoms with Crippen LogP contribution in [0, 0.1) is 11.7 Å². The van der Waals surface area contributed by atoms with Crippen LogP contribution in [0.4, 0.5) is 4.39 Å². The van der Waals surface area contributed by atoms with Crippen molar-refractivity contribution in [3.63, 3.8) is 0 Å². The molecule has 6 nitrogen and oxygen atoms in total. The Bertz CT molecular complexity index is 1090. The number of aromatic amines is 1. The maximum Gasteiger partial charge on any atom is 0.255 e. The predicted molar refractivity (Wildman–Crippen MR) is 106 cm³/mol. The lowest BCUT2D eigenvalue weighted by Gasteiger charge is -2.37. The van der Waals surface area contributed by atoms with Crippen molar-refractivity contribution in [2.45, 2.75) is 32.0 Å². The molecular formula is C21H24FN5O. The molecule has 7 heteroatoms. The summed E-state index contributed by atoms with van der Waals surface area (Å²) in [7, 11) is 1.97. The third-order valence-corrected chi connectivity index (χ3v) is 5.94. The van der Waals surface area contributed by atoms with Crippen LogP contribution in [0.15, 0.2) is 35.1 Å². The number of pyridine rings is 1. The van der Waals surface area contributed by atoms with Gasteiger partial charge in [0.2, 0.25) is 0 Å². The highest BCUT2D eigenvalue weighted by molar-refractivity contribution is 5.74. The average Bonchev–Trinajstić information content (AvgIpc) is 3.06. The first-order valence-corrected chi connectivity index (χ1v) is 9.83. The summed E-state index contributed by atoms with van der Waals surface area (Å²) in [5.74, 6) is 1.48. The van der Waals surface area contributed by atoms with E-state index in [1.807, 2.05) is 17.7 Å². The van der Waals surface area contributed by atoms with Crippen molar-refractivity contribution < 1.29 is 4.39 Å². The average molecular weight is 381 g/mol. The summed E-state index contributed by atoms with van der Waals surface area (Å²) in [6, 6.07) is 8.64.